The number of nitrogens with zero attached hydrogens (tertiary/aromatic N) is 3. The number of rotatable bonds is 5. The van der Waals surface area contributed by atoms with Crippen LogP contribution in [-0.4, -0.2) is 47.3 Å². The molecule has 102 valence electrons. The molecule has 4 nitrogen and oxygen atoms in total. The second-order valence-electron chi connectivity index (χ2n) is 4.50. The molecule has 1 fully saturated rings. The molecule has 1 unspecified atom stereocenters. The fraction of sp³-hybridized carbons (Fsp3) is 0.667. The summed E-state index contributed by atoms with van der Waals surface area (Å²) in [5.74, 6) is 0. The number of nitrogens with one attached hydrogen (secondary N) is 1. The first-order valence-corrected chi connectivity index (χ1v) is 7.28. The van der Waals surface area contributed by atoms with Crippen molar-refractivity contribution in [2.75, 3.05) is 26.4 Å². The topological polar surface area (TPSA) is 41.1 Å². The van der Waals surface area contributed by atoms with Crippen molar-refractivity contribution in [2.24, 2.45) is 0 Å². The van der Waals surface area contributed by atoms with E-state index in [9.17, 15) is 0 Å². The Bertz CT molecular complexity index is 358. The van der Waals surface area contributed by atoms with Gasteiger partial charge in [0.2, 0.25) is 0 Å². The Kier molecular flexibility index (Phi) is 6.92. The molecule has 1 aromatic heterocycles. The highest BCUT2D eigenvalue weighted by molar-refractivity contribution is 7.98. The van der Waals surface area contributed by atoms with Crippen molar-refractivity contribution in [3.8, 4) is 0 Å². The van der Waals surface area contributed by atoms with Gasteiger partial charge in [-0.05, 0) is 32.7 Å². The van der Waals surface area contributed by atoms with Gasteiger partial charge in [0.15, 0.2) is 0 Å². The summed E-state index contributed by atoms with van der Waals surface area (Å²) < 4.78 is 0. The van der Waals surface area contributed by atoms with E-state index in [-0.39, 0.29) is 12.4 Å². The fourth-order valence-electron chi connectivity index (χ4n) is 2.24. The van der Waals surface area contributed by atoms with Gasteiger partial charge in [0, 0.05) is 31.5 Å². The lowest BCUT2D eigenvalue weighted by atomic mass is 10.2. The number of thioether (sulfide) groups is 1. The van der Waals surface area contributed by atoms with Gasteiger partial charge in [-0.1, -0.05) is 0 Å². The molecule has 2 rings (SSSR count). The van der Waals surface area contributed by atoms with Crippen LogP contribution < -0.4 is 5.32 Å². The van der Waals surface area contributed by atoms with Crippen LogP contribution in [0.3, 0.4) is 0 Å². The molecule has 1 atom stereocenters. The predicted octanol–water partition coefficient (Wildman–Crippen LogP) is 1.80. The van der Waals surface area contributed by atoms with Crippen LogP contribution in [0.2, 0.25) is 0 Å². The molecule has 0 aromatic carbocycles. The van der Waals surface area contributed by atoms with E-state index >= 15 is 0 Å². The van der Waals surface area contributed by atoms with Crippen LogP contribution in [0.25, 0.3) is 0 Å². The number of likely N-dealkylation sites (N-methyl/N-ethyl adjacent to an activating group) is 1. The quantitative estimate of drug-likeness (QED) is 0.837. The second-order valence-corrected chi connectivity index (χ2v) is 5.30. The highest BCUT2D eigenvalue weighted by Gasteiger charge is 2.16. The summed E-state index contributed by atoms with van der Waals surface area (Å²) in [7, 11) is 2.15. The van der Waals surface area contributed by atoms with Crippen LogP contribution in [0.4, 0.5) is 0 Å². The zero-order valence-corrected chi connectivity index (χ0v) is 12.6. The van der Waals surface area contributed by atoms with E-state index in [1.165, 1.54) is 19.4 Å². The normalized spacial score (nSPS) is 18.9. The van der Waals surface area contributed by atoms with Gasteiger partial charge in [0.05, 0.1) is 5.69 Å². The van der Waals surface area contributed by atoms with Gasteiger partial charge < -0.3 is 5.32 Å². The first-order chi connectivity index (χ1) is 8.29. The summed E-state index contributed by atoms with van der Waals surface area (Å²) in [5.41, 5.74) is 1.08. The summed E-state index contributed by atoms with van der Waals surface area (Å²) in [5, 5.41) is 4.56. The second kappa shape index (κ2) is 7.94. The first-order valence-electron chi connectivity index (χ1n) is 6.05. The minimum Gasteiger partial charge on any atom is -0.313 e. The Labute approximate surface area is 119 Å². The molecule has 1 aliphatic heterocycles. The van der Waals surface area contributed by atoms with Crippen LogP contribution in [0, 0.1) is 0 Å². The monoisotopic (exact) mass is 288 g/mol. The van der Waals surface area contributed by atoms with Gasteiger partial charge in [-0.3, -0.25) is 9.88 Å². The molecular weight excluding hydrogens is 268 g/mol. The van der Waals surface area contributed by atoms with Crippen molar-refractivity contribution in [2.45, 2.75) is 30.5 Å². The maximum absolute atomic E-state index is 4.42. The highest BCUT2D eigenvalue weighted by atomic mass is 35.5. The number of halogens is 1. The van der Waals surface area contributed by atoms with Crippen LogP contribution in [-0.2, 0) is 6.54 Å². The molecule has 0 radical (unpaired) electrons. The molecule has 1 aliphatic rings. The van der Waals surface area contributed by atoms with E-state index in [0.717, 1.165) is 23.8 Å². The summed E-state index contributed by atoms with van der Waals surface area (Å²) >= 11 is 1.66. The lowest BCUT2D eigenvalue weighted by Crippen LogP contribution is -2.35. The number of hydrogen-bond donors (Lipinski definition) is 1. The number of aromatic nitrogens is 2. The van der Waals surface area contributed by atoms with Gasteiger partial charge in [-0.15, -0.1) is 24.2 Å². The van der Waals surface area contributed by atoms with Crippen molar-refractivity contribution >= 4 is 24.2 Å². The van der Waals surface area contributed by atoms with Crippen molar-refractivity contribution in [3.63, 3.8) is 0 Å². The largest absolute Gasteiger partial charge is 0.313 e. The summed E-state index contributed by atoms with van der Waals surface area (Å²) in [4.78, 5) is 11.1. The minimum atomic E-state index is 0. The molecule has 1 N–H and O–H groups in total. The summed E-state index contributed by atoms with van der Waals surface area (Å²) in [6.07, 6.45) is 8.18. The smallest absolute Gasteiger partial charge is 0.119 e. The lowest BCUT2D eigenvalue weighted by molar-refractivity contribution is 0.287. The Hall–Kier alpha value is -0.360. The van der Waals surface area contributed by atoms with Gasteiger partial charge in [0.25, 0.3) is 0 Å². The molecule has 0 amide bonds. The molecule has 2 heterocycles. The third-order valence-electron chi connectivity index (χ3n) is 3.04. The molecule has 0 aliphatic carbocycles. The zero-order valence-electron chi connectivity index (χ0n) is 10.9. The highest BCUT2D eigenvalue weighted by Crippen LogP contribution is 2.16. The van der Waals surface area contributed by atoms with Crippen molar-refractivity contribution in [1.29, 1.82) is 0 Å². The van der Waals surface area contributed by atoms with Gasteiger partial charge >= 0.3 is 0 Å². The van der Waals surface area contributed by atoms with E-state index in [4.69, 9.17) is 0 Å². The molecule has 0 saturated carbocycles. The average Bonchev–Trinajstić information content (AvgIpc) is 2.82. The van der Waals surface area contributed by atoms with Crippen LogP contribution >= 0.6 is 24.2 Å². The van der Waals surface area contributed by atoms with Crippen molar-refractivity contribution in [1.82, 2.24) is 20.2 Å². The third kappa shape index (κ3) is 4.39. The molecule has 0 bridgehead atoms. The Morgan fingerprint density at radius 1 is 1.44 bits per heavy atom. The maximum Gasteiger partial charge on any atom is 0.119 e. The predicted molar refractivity (Wildman–Crippen MR) is 78.4 cm³/mol. The molecule has 0 spiro atoms. The Morgan fingerprint density at radius 2 is 2.22 bits per heavy atom. The van der Waals surface area contributed by atoms with E-state index < -0.39 is 0 Å². The van der Waals surface area contributed by atoms with Gasteiger partial charge in [-0.25, -0.2) is 4.98 Å². The number of hydrogen-bond acceptors (Lipinski definition) is 5. The van der Waals surface area contributed by atoms with Gasteiger partial charge in [0.1, 0.15) is 5.03 Å². The lowest BCUT2D eigenvalue weighted by Gasteiger charge is -2.21. The maximum atomic E-state index is 4.42. The van der Waals surface area contributed by atoms with Crippen molar-refractivity contribution < 1.29 is 0 Å². The molecule has 1 saturated heterocycles. The first kappa shape index (κ1) is 15.7. The fourth-order valence-corrected chi connectivity index (χ4v) is 2.76. The summed E-state index contributed by atoms with van der Waals surface area (Å²) in [6, 6.07) is 0.648. The molecule has 18 heavy (non-hydrogen) atoms. The summed E-state index contributed by atoms with van der Waals surface area (Å²) in [6.45, 7) is 3.13. The average molecular weight is 289 g/mol. The zero-order chi connectivity index (χ0) is 12.1. The third-order valence-corrected chi connectivity index (χ3v) is 3.77. The van der Waals surface area contributed by atoms with E-state index in [0.29, 0.717) is 6.04 Å². The van der Waals surface area contributed by atoms with Crippen molar-refractivity contribution in [3.05, 3.63) is 18.1 Å². The van der Waals surface area contributed by atoms with Gasteiger partial charge in [-0.2, -0.15) is 0 Å². The van der Waals surface area contributed by atoms with E-state index in [1.807, 2.05) is 6.26 Å². The molecular formula is C12H21ClN4S. The van der Waals surface area contributed by atoms with Crippen LogP contribution in [0.1, 0.15) is 18.5 Å². The minimum absolute atomic E-state index is 0. The Balaban J connectivity index is 0.00000162. The molecule has 6 heteroatoms. The SMILES string of the molecule is CSc1nccnc1CN(C)CC1CCCN1.Cl. The van der Waals surface area contributed by atoms with Crippen LogP contribution in [0.15, 0.2) is 17.4 Å². The standard InChI is InChI=1S/C12H20N4S.ClH/c1-16(8-10-4-3-5-13-10)9-11-12(17-2)15-7-6-14-11;/h6-7,10,13H,3-5,8-9H2,1-2H3;1H. The van der Waals surface area contributed by atoms with E-state index in [2.05, 4.69) is 27.2 Å². The molecule has 1 aromatic rings. The van der Waals surface area contributed by atoms with Crippen LogP contribution in [0.5, 0.6) is 0 Å². The Morgan fingerprint density at radius 3 is 2.89 bits per heavy atom. The van der Waals surface area contributed by atoms with E-state index in [1.54, 1.807) is 24.2 Å².